The van der Waals surface area contributed by atoms with E-state index in [2.05, 4.69) is 20.2 Å². The first-order chi connectivity index (χ1) is 16.7. The highest BCUT2D eigenvalue weighted by atomic mass is 16.6. The van der Waals surface area contributed by atoms with Gasteiger partial charge in [-0.1, -0.05) is 0 Å². The van der Waals surface area contributed by atoms with Crippen molar-refractivity contribution in [1.29, 1.82) is 0 Å². The van der Waals surface area contributed by atoms with Crippen molar-refractivity contribution in [3.8, 4) is 5.88 Å². The Morgan fingerprint density at radius 1 is 1.17 bits per heavy atom. The fraction of sp³-hybridized carbons (Fsp3) is 0.750. The molecule has 2 amide bonds. The van der Waals surface area contributed by atoms with Gasteiger partial charge in [0.1, 0.15) is 17.7 Å². The van der Waals surface area contributed by atoms with Gasteiger partial charge in [-0.25, -0.2) is 9.78 Å². The number of anilines is 1. The lowest BCUT2D eigenvalue weighted by Gasteiger charge is -2.32. The highest BCUT2D eigenvalue weighted by Gasteiger charge is 2.41. The Kier molecular flexibility index (Phi) is 7.95. The van der Waals surface area contributed by atoms with Gasteiger partial charge in [0, 0.05) is 37.8 Å². The summed E-state index contributed by atoms with van der Waals surface area (Å²) < 4.78 is 16.9. The van der Waals surface area contributed by atoms with Crippen LogP contribution in [-0.4, -0.2) is 94.7 Å². The highest BCUT2D eigenvalue weighted by Crippen LogP contribution is 2.26. The van der Waals surface area contributed by atoms with Crippen LogP contribution in [0.25, 0.3) is 0 Å². The molecule has 2 atom stereocenters. The number of aliphatic hydroxyl groups is 1. The molecule has 4 rings (SSSR count). The van der Waals surface area contributed by atoms with Gasteiger partial charge in [0.05, 0.1) is 25.9 Å². The van der Waals surface area contributed by atoms with E-state index in [1.54, 1.807) is 33.0 Å². The normalized spacial score (nSPS) is 27.4. The van der Waals surface area contributed by atoms with E-state index in [0.29, 0.717) is 25.0 Å². The van der Waals surface area contributed by atoms with Crippen molar-refractivity contribution in [3.63, 3.8) is 0 Å². The Hall–Kier alpha value is -2.66. The Labute approximate surface area is 206 Å². The summed E-state index contributed by atoms with van der Waals surface area (Å²) in [6, 6.07) is 1.04. The minimum absolute atomic E-state index is 0.00473. The minimum Gasteiger partial charge on any atom is -0.474 e. The molecule has 0 unspecified atom stereocenters. The zero-order chi connectivity index (χ0) is 25.0. The van der Waals surface area contributed by atoms with Gasteiger partial charge in [-0.3, -0.25) is 9.69 Å². The van der Waals surface area contributed by atoms with Gasteiger partial charge in [0.15, 0.2) is 0 Å². The van der Waals surface area contributed by atoms with Crippen molar-refractivity contribution in [3.05, 3.63) is 12.3 Å². The quantitative estimate of drug-likeness (QED) is 0.630. The van der Waals surface area contributed by atoms with Gasteiger partial charge >= 0.3 is 6.09 Å². The van der Waals surface area contributed by atoms with E-state index in [-0.39, 0.29) is 31.0 Å². The van der Waals surface area contributed by atoms with Crippen molar-refractivity contribution < 1.29 is 28.9 Å². The number of amides is 2. The Balaban J connectivity index is 1.26. The molecule has 2 N–H and O–H groups in total. The van der Waals surface area contributed by atoms with Crippen molar-refractivity contribution in [2.45, 2.75) is 82.8 Å². The molecule has 3 heterocycles. The molecule has 0 spiro atoms. The van der Waals surface area contributed by atoms with Crippen LogP contribution in [0.15, 0.2) is 12.3 Å². The van der Waals surface area contributed by atoms with Gasteiger partial charge in [-0.15, -0.1) is 0 Å². The molecule has 3 fully saturated rings. The maximum absolute atomic E-state index is 13.0. The third-order valence-electron chi connectivity index (χ3n) is 6.43. The second kappa shape index (κ2) is 10.9. The van der Waals surface area contributed by atoms with E-state index < -0.39 is 23.8 Å². The Bertz CT molecular complexity index is 879. The van der Waals surface area contributed by atoms with Gasteiger partial charge in [0.2, 0.25) is 17.7 Å². The summed E-state index contributed by atoms with van der Waals surface area (Å²) in [5, 5.41) is 13.2. The van der Waals surface area contributed by atoms with Crippen molar-refractivity contribution in [2.75, 3.05) is 37.7 Å². The molecule has 3 aliphatic rings. The lowest BCUT2D eigenvalue weighted by Crippen LogP contribution is -2.50. The number of morpholine rings is 1. The van der Waals surface area contributed by atoms with Crippen LogP contribution in [0.5, 0.6) is 5.88 Å². The highest BCUT2D eigenvalue weighted by molar-refractivity contribution is 5.86. The SMILES string of the molecule is CC(C)(C)OC(=O)N1C[C@@H](O)C[C@H]1C(=O)NC1CCC(Oc2ccnc(N3CCOCC3)n2)CC1. The molecule has 194 valence electrons. The second-order valence-electron chi connectivity index (χ2n) is 10.4. The molecule has 0 bridgehead atoms. The molecular weight excluding hydrogens is 454 g/mol. The smallest absolute Gasteiger partial charge is 0.411 e. The zero-order valence-corrected chi connectivity index (χ0v) is 20.8. The third kappa shape index (κ3) is 6.94. The summed E-state index contributed by atoms with van der Waals surface area (Å²) >= 11 is 0. The minimum atomic E-state index is -0.738. The number of carbonyl (C=O) groups excluding carboxylic acids is 2. The molecule has 0 radical (unpaired) electrons. The van der Waals surface area contributed by atoms with Crippen LogP contribution in [0.4, 0.5) is 10.7 Å². The van der Waals surface area contributed by atoms with E-state index in [0.717, 1.165) is 38.8 Å². The van der Waals surface area contributed by atoms with E-state index in [4.69, 9.17) is 14.2 Å². The molecule has 1 aromatic rings. The number of carbonyl (C=O) groups is 2. The van der Waals surface area contributed by atoms with Crippen LogP contribution in [0.1, 0.15) is 52.9 Å². The molecule has 1 saturated carbocycles. The number of aliphatic hydroxyl groups excluding tert-OH is 1. The Morgan fingerprint density at radius 2 is 1.89 bits per heavy atom. The molecule has 1 aromatic heterocycles. The molecule has 35 heavy (non-hydrogen) atoms. The standard InChI is InChI=1S/C24H37N5O6/c1-24(2,3)35-23(32)29-15-17(30)14-19(29)21(31)26-16-4-6-18(7-5-16)34-20-8-9-25-22(27-20)28-10-12-33-13-11-28/h8-9,16-19,30H,4-7,10-15H2,1-3H3,(H,26,31)/t16?,17-,18?,19-/m0/s1. The molecule has 2 saturated heterocycles. The summed E-state index contributed by atoms with van der Waals surface area (Å²) in [5.74, 6) is 0.963. The fourth-order valence-electron chi connectivity index (χ4n) is 4.69. The van der Waals surface area contributed by atoms with E-state index >= 15 is 0 Å². The van der Waals surface area contributed by atoms with Crippen LogP contribution in [0, 0.1) is 0 Å². The van der Waals surface area contributed by atoms with Crippen molar-refractivity contribution in [2.24, 2.45) is 0 Å². The first-order valence-corrected chi connectivity index (χ1v) is 12.5. The summed E-state index contributed by atoms with van der Waals surface area (Å²) in [6.07, 6.45) is 3.72. The van der Waals surface area contributed by atoms with Crippen LogP contribution in [0.2, 0.25) is 0 Å². The maximum Gasteiger partial charge on any atom is 0.411 e. The van der Waals surface area contributed by atoms with Crippen LogP contribution in [0.3, 0.4) is 0 Å². The summed E-state index contributed by atoms with van der Waals surface area (Å²) in [7, 11) is 0. The molecular formula is C24H37N5O6. The number of likely N-dealkylation sites (tertiary alicyclic amines) is 1. The summed E-state index contributed by atoms with van der Waals surface area (Å²) in [6.45, 7) is 8.28. The summed E-state index contributed by atoms with van der Waals surface area (Å²) in [5.41, 5.74) is -0.670. The monoisotopic (exact) mass is 491 g/mol. The van der Waals surface area contributed by atoms with Gasteiger partial charge in [-0.05, 0) is 46.5 Å². The lowest BCUT2D eigenvalue weighted by atomic mass is 9.92. The molecule has 2 aliphatic heterocycles. The first kappa shape index (κ1) is 25.4. The maximum atomic E-state index is 13.0. The number of rotatable bonds is 5. The van der Waals surface area contributed by atoms with Crippen LogP contribution < -0.4 is 15.0 Å². The van der Waals surface area contributed by atoms with Crippen molar-refractivity contribution >= 4 is 17.9 Å². The van der Waals surface area contributed by atoms with E-state index in [1.165, 1.54) is 4.90 Å². The summed E-state index contributed by atoms with van der Waals surface area (Å²) in [4.78, 5) is 37.8. The van der Waals surface area contributed by atoms with Gasteiger partial charge < -0.3 is 29.5 Å². The molecule has 0 aromatic carbocycles. The average molecular weight is 492 g/mol. The molecule has 11 heteroatoms. The van der Waals surface area contributed by atoms with Crippen molar-refractivity contribution in [1.82, 2.24) is 20.2 Å². The Morgan fingerprint density at radius 3 is 2.57 bits per heavy atom. The predicted molar refractivity (Wildman–Crippen MR) is 127 cm³/mol. The van der Waals surface area contributed by atoms with Gasteiger partial charge in [0.25, 0.3) is 0 Å². The second-order valence-corrected chi connectivity index (χ2v) is 10.4. The topological polar surface area (TPSA) is 126 Å². The average Bonchev–Trinajstić information content (AvgIpc) is 3.22. The lowest BCUT2D eigenvalue weighted by molar-refractivity contribution is -0.126. The largest absolute Gasteiger partial charge is 0.474 e. The number of hydrogen-bond acceptors (Lipinski definition) is 9. The van der Waals surface area contributed by atoms with E-state index in [1.807, 2.05) is 0 Å². The van der Waals surface area contributed by atoms with Crippen LogP contribution >= 0.6 is 0 Å². The third-order valence-corrected chi connectivity index (χ3v) is 6.43. The number of nitrogens with zero attached hydrogens (tertiary/aromatic N) is 4. The molecule has 11 nitrogen and oxygen atoms in total. The predicted octanol–water partition coefficient (Wildman–Crippen LogP) is 1.49. The number of aromatic nitrogens is 2. The first-order valence-electron chi connectivity index (χ1n) is 12.5. The fourth-order valence-corrected chi connectivity index (χ4v) is 4.69. The van der Waals surface area contributed by atoms with Gasteiger partial charge in [-0.2, -0.15) is 4.98 Å². The number of β-amino-alcohol motifs (C(OH)–C–C–N with tert-alkyl or cyclic N) is 1. The zero-order valence-electron chi connectivity index (χ0n) is 20.8. The number of ether oxygens (including phenoxy) is 3. The number of hydrogen-bond donors (Lipinski definition) is 2. The van der Waals surface area contributed by atoms with Crippen LogP contribution in [-0.2, 0) is 14.3 Å². The van der Waals surface area contributed by atoms with E-state index in [9.17, 15) is 14.7 Å². The number of nitrogens with one attached hydrogen (secondary N) is 1. The molecule has 1 aliphatic carbocycles.